The summed E-state index contributed by atoms with van der Waals surface area (Å²) in [5.74, 6) is -0.00308. The Morgan fingerprint density at radius 3 is 2.43 bits per heavy atom. The molecule has 0 fully saturated rings. The van der Waals surface area contributed by atoms with E-state index in [1.165, 1.54) is 13.2 Å². The van der Waals surface area contributed by atoms with Crippen LogP contribution in [0, 0.1) is 12.7 Å². The summed E-state index contributed by atoms with van der Waals surface area (Å²) in [5, 5.41) is 13.0. The van der Waals surface area contributed by atoms with Crippen LogP contribution in [-0.2, 0) is 5.54 Å². The van der Waals surface area contributed by atoms with Crippen molar-refractivity contribution in [2.75, 3.05) is 19.0 Å². The Bertz CT molecular complexity index is 613. The molecular formula is C17H20FNO2. The van der Waals surface area contributed by atoms with Crippen LogP contribution in [0.1, 0.15) is 18.1 Å². The molecule has 4 heteroatoms. The van der Waals surface area contributed by atoms with Gasteiger partial charge in [0.1, 0.15) is 11.6 Å². The lowest BCUT2D eigenvalue weighted by Crippen LogP contribution is -2.37. The highest BCUT2D eigenvalue weighted by Crippen LogP contribution is 2.34. The lowest BCUT2D eigenvalue weighted by Gasteiger charge is -2.32. The van der Waals surface area contributed by atoms with Gasteiger partial charge in [-0.3, -0.25) is 0 Å². The maximum absolute atomic E-state index is 14.3. The number of halogens is 1. The van der Waals surface area contributed by atoms with Gasteiger partial charge >= 0.3 is 0 Å². The molecule has 0 saturated heterocycles. The van der Waals surface area contributed by atoms with E-state index in [0.29, 0.717) is 11.3 Å². The molecule has 0 aromatic heterocycles. The van der Waals surface area contributed by atoms with Crippen molar-refractivity contribution in [2.24, 2.45) is 0 Å². The second kappa shape index (κ2) is 6.14. The van der Waals surface area contributed by atoms with Gasteiger partial charge in [0.15, 0.2) is 0 Å². The summed E-state index contributed by atoms with van der Waals surface area (Å²) >= 11 is 0. The number of benzene rings is 2. The van der Waals surface area contributed by atoms with Gasteiger partial charge in [0.2, 0.25) is 0 Å². The first-order valence-electron chi connectivity index (χ1n) is 6.79. The maximum Gasteiger partial charge on any atom is 0.132 e. The Hall–Kier alpha value is -2.07. The SMILES string of the molecule is COc1cccc(F)c1C(C)(CO)Nc1ccc(C)cc1. The predicted molar refractivity (Wildman–Crippen MR) is 82.2 cm³/mol. The van der Waals surface area contributed by atoms with Gasteiger partial charge in [-0.1, -0.05) is 23.8 Å². The van der Waals surface area contributed by atoms with E-state index in [4.69, 9.17) is 4.74 Å². The van der Waals surface area contributed by atoms with Crippen molar-refractivity contribution in [3.63, 3.8) is 0 Å². The molecular weight excluding hydrogens is 269 g/mol. The third-order valence-corrected chi connectivity index (χ3v) is 3.54. The first-order chi connectivity index (χ1) is 10.00. The molecule has 21 heavy (non-hydrogen) atoms. The molecule has 0 heterocycles. The summed E-state index contributed by atoms with van der Waals surface area (Å²) in [7, 11) is 1.49. The van der Waals surface area contributed by atoms with Crippen LogP contribution in [0.3, 0.4) is 0 Å². The molecule has 0 radical (unpaired) electrons. The fraction of sp³-hybridized carbons (Fsp3) is 0.294. The zero-order valence-corrected chi connectivity index (χ0v) is 12.5. The topological polar surface area (TPSA) is 41.5 Å². The maximum atomic E-state index is 14.3. The molecule has 2 aromatic carbocycles. The molecule has 0 aliphatic rings. The van der Waals surface area contributed by atoms with E-state index in [2.05, 4.69) is 5.32 Å². The molecule has 0 saturated carbocycles. The van der Waals surface area contributed by atoms with E-state index in [9.17, 15) is 9.50 Å². The number of anilines is 1. The van der Waals surface area contributed by atoms with Crippen molar-refractivity contribution in [2.45, 2.75) is 19.4 Å². The smallest absolute Gasteiger partial charge is 0.132 e. The summed E-state index contributed by atoms with van der Waals surface area (Å²) in [5.41, 5.74) is 1.28. The van der Waals surface area contributed by atoms with Gasteiger partial charge in [-0.25, -0.2) is 4.39 Å². The van der Waals surface area contributed by atoms with E-state index in [1.54, 1.807) is 19.1 Å². The van der Waals surface area contributed by atoms with Crippen LogP contribution >= 0.6 is 0 Å². The van der Waals surface area contributed by atoms with Gasteiger partial charge in [0.25, 0.3) is 0 Å². The van der Waals surface area contributed by atoms with E-state index in [1.807, 2.05) is 31.2 Å². The van der Waals surface area contributed by atoms with Crippen LogP contribution in [0.15, 0.2) is 42.5 Å². The van der Waals surface area contributed by atoms with Crippen molar-refractivity contribution in [3.05, 3.63) is 59.4 Å². The van der Waals surface area contributed by atoms with E-state index in [-0.39, 0.29) is 6.61 Å². The van der Waals surface area contributed by atoms with Crippen molar-refractivity contribution >= 4 is 5.69 Å². The van der Waals surface area contributed by atoms with Crippen molar-refractivity contribution < 1.29 is 14.2 Å². The lowest BCUT2D eigenvalue weighted by molar-refractivity contribution is 0.216. The predicted octanol–water partition coefficient (Wildman–Crippen LogP) is 3.46. The van der Waals surface area contributed by atoms with Gasteiger partial charge in [-0.2, -0.15) is 0 Å². The molecule has 112 valence electrons. The Morgan fingerprint density at radius 1 is 1.19 bits per heavy atom. The monoisotopic (exact) mass is 289 g/mol. The van der Waals surface area contributed by atoms with Gasteiger partial charge in [0.05, 0.1) is 24.8 Å². The second-order valence-electron chi connectivity index (χ2n) is 5.30. The third-order valence-electron chi connectivity index (χ3n) is 3.54. The minimum Gasteiger partial charge on any atom is -0.496 e. The number of hydrogen-bond acceptors (Lipinski definition) is 3. The van der Waals surface area contributed by atoms with Crippen LogP contribution in [0.4, 0.5) is 10.1 Å². The number of methoxy groups -OCH3 is 1. The van der Waals surface area contributed by atoms with E-state index >= 15 is 0 Å². The lowest BCUT2D eigenvalue weighted by atomic mass is 9.91. The normalized spacial score (nSPS) is 13.6. The van der Waals surface area contributed by atoms with Crippen LogP contribution < -0.4 is 10.1 Å². The molecule has 1 unspecified atom stereocenters. The molecule has 0 amide bonds. The summed E-state index contributed by atoms with van der Waals surface area (Å²) in [6.45, 7) is 3.47. The summed E-state index contributed by atoms with van der Waals surface area (Å²) in [6.07, 6.45) is 0. The van der Waals surface area contributed by atoms with E-state index < -0.39 is 11.4 Å². The zero-order chi connectivity index (χ0) is 15.5. The Morgan fingerprint density at radius 2 is 1.86 bits per heavy atom. The van der Waals surface area contributed by atoms with Gasteiger partial charge in [-0.05, 0) is 38.1 Å². The Labute approximate surface area is 124 Å². The third kappa shape index (κ3) is 3.16. The fourth-order valence-electron chi connectivity index (χ4n) is 2.35. The number of ether oxygens (including phenoxy) is 1. The number of aryl methyl sites for hydroxylation is 1. The average Bonchev–Trinajstić information content (AvgIpc) is 2.49. The number of hydrogen-bond donors (Lipinski definition) is 2. The Kier molecular flexibility index (Phi) is 4.48. The molecule has 0 bridgehead atoms. The largest absolute Gasteiger partial charge is 0.496 e. The van der Waals surface area contributed by atoms with Gasteiger partial charge in [-0.15, -0.1) is 0 Å². The summed E-state index contributed by atoms with van der Waals surface area (Å²) < 4.78 is 19.5. The van der Waals surface area contributed by atoms with Gasteiger partial charge < -0.3 is 15.2 Å². The highest BCUT2D eigenvalue weighted by atomic mass is 19.1. The number of aliphatic hydroxyl groups excluding tert-OH is 1. The highest BCUT2D eigenvalue weighted by molar-refractivity contribution is 5.52. The number of aliphatic hydroxyl groups is 1. The molecule has 0 spiro atoms. The number of rotatable bonds is 5. The molecule has 1 atom stereocenters. The molecule has 0 aliphatic heterocycles. The Balaban J connectivity index is 2.43. The quantitative estimate of drug-likeness (QED) is 0.885. The van der Waals surface area contributed by atoms with Crippen molar-refractivity contribution in [1.82, 2.24) is 0 Å². The van der Waals surface area contributed by atoms with E-state index in [0.717, 1.165) is 11.3 Å². The van der Waals surface area contributed by atoms with Crippen molar-refractivity contribution in [3.8, 4) is 5.75 Å². The molecule has 0 aliphatic carbocycles. The first kappa shape index (κ1) is 15.3. The minimum absolute atomic E-state index is 0.266. The standard InChI is InChI=1S/C17H20FNO2/c1-12-7-9-13(10-8-12)19-17(2,11-20)16-14(18)5-4-6-15(16)21-3/h4-10,19-20H,11H2,1-3H3. The number of nitrogens with one attached hydrogen (secondary N) is 1. The van der Waals surface area contributed by atoms with Crippen LogP contribution in [-0.4, -0.2) is 18.8 Å². The summed E-state index contributed by atoms with van der Waals surface area (Å²) in [6, 6.07) is 12.3. The molecule has 2 rings (SSSR count). The average molecular weight is 289 g/mol. The van der Waals surface area contributed by atoms with Gasteiger partial charge in [0, 0.05) is 5.69 Å². The minimum atomic E-state index is -0.980. The fourth-order valence-corrected chi connectivity index (χ4v) is 2.35. The molecule has 3 nitrogen and oxygen atoms in total. The van der Waals surface area contributed by atoms with Crippen LogP contribution in [0.2, 0.25) is 0 Å². The van der Waals surface area contributed by atoms with Crippen LogP contribution in [0.25, 0.3) is 0 Å². The highest BCUT2D eigenvalue weighted by Gasteiger charge is 2.32. The molecule has 2 N–H and O–H groups in total. The van der Waals surface area contributed by atoms with Crippen LogP contribution in [0.5, 0.6) is 5.75 Å². The first-order valence-corrected chi connectivity index (χ1v) is 6.79. The zero-order valence-electron chi connectivity index (χ0n) is 12.5. The summed E-state index contributed by atoms with van der Waals surface area (Å²) in [4.78, 5) is 0. The molecule has 2 aromatic rings. The van der Waals surface area contributed by atoms with Crippen molar-refractivity contribution in [1.29, 1.82) is 0 Å². The second-order valence-corrected chi connectivity index (χ2v) is 5.30.